The maximum Gasteiger partial charge on any atom is 0.242 e. The summed E-state index contributed by atoms with van der Waals surface area (Å²) >= 11 is 5.89. The summed E-state index contributed by atoms with van der Waals surface area (Å²) < 4.78 is 0. The molecular formula is C14H16ClN3O. The first-order valence-electron chi connectivity index (χ1n) is 6.38. The summed E-state index contributed by atoms with van der Waals surface area (Å²) in [5, 5.41) is 12.5. The molecule has 0 bridgehead atoms. The highest BCUT2D eigenvalue weighted by molar-refractivity contribution is 6.30. The smallest absolute Gasteiger partial charge is 0.242 e. The van der Waals surface area contributed by atoms with Crippen LogP contribution in [0.5, 0.6) is 0 Å². The van der Waals surface area contributed by atoms with Crippen LogP contribution in [0.2, 0.25) is 5.02 Å². The van der Waals surface area contributed by atoms with Gasteiger partial charge in [0.25, 0.3) is 0 Å². The largest absolute Gasteiger partial charge is 0.375 e. The van der Waals surface area contributed by atoms with Gasteiger partial charge < -0.3 is 10.2 Å². The van der Waals surface area contributed by atoms with Gasteiger partial charge in [0.2, 0.25) is 5.91 Å². The highest BCUT2D eigenvalue weighted by Gasteiger charge is 2.30. The zero-order valence-corrected chi connectivity index (χ0v) is 11.6. The molecule has 0 saturated heterocycles. The molecule has 2 rings (SSSR count). The predicted molar refractivity (Wildman–Crippen MR) is 75.1 cm³/mol. The monoisotopic (exact) mass is 277 g/mol. The summed E-state index contributed by atoms with van der Waals surface area (Å²) in [6.07, 6.45) is 2.19. The highest BCUT2D eigenvalue weighted by atomic mass is 35.5. The SMILES string of the molecule is CCN(C(=O)CNc1cc(Cl)ccc1C#N)C1CC1. The maximum absolute atomic E-state index is 12.1. The number of nitriles is 1. The number of nitrogens with one attached hydrogen (secondary N) is 1. The van der Waals surface area contributed by atoms with Crippen LogP contribution in [0.25, 0.3) is 0 Å². The first kappa shape index (κ1) is 13.7. The molecule has 1 aromatic rings. The van der Waals surface area contributed by atoms with Crippen molar-refractivity contribution in [1.29, 1.82) is 5.26 Å². The number of halogens is 1. The van der Waals surface area contributed by atoms with Crippen LogP contribution < -0.4 is 5.32 Å². The fourth-order valence-electron chi connectivity index (χ4n) is 2.06. The third-order valence-corrected chi connectivity index (χ3v) is 3.42. The second-order valence-corrected chi connectivity index (χ2v) is 5.00. The topological polar surface area (TPSA) is 56.1 Å². The number of likely N-dealkylation sites (N-methyl/N-ethyl adjacent to an activating group) is 1. The second kappa shape index (κ2) is 5.94. The van der Waals surface area contributed by atoms with Gasteiger partial charge in [-0.2, -0.15) is 5.26 Å². The minimum atomic E-state index is 0.0638. The van der Waals surface area contributed by atoms with Crippen molar-refractivity contribution in [1.82, 2.24) is 4.90 Å². The van der Waals surface area contributed by atoms with Crippen LogP contribution in [0.1, 0.15) is 25.3 Å². The van der Waals surface area contributed by atoms with E-state index in [1.807, 2.05) is 11.8 Å². The Labute approximate surface area is 118 Å². The number of nitrogens with zero attached hydrogens (tertiary/aromatic N) is 2. The van der Waals surface area contributed by atoms with Gasteiger partial charge >= 0.3 is 0 Å². The molecule has 1 amide bonds. The van der Waals surface area contributed by atoms with Gasteiger partial charge in [-0.15, -0.1) is 0 Å². The Morgan fingerprint density at radius 1 is 1.58 bits per heavy atom. The molecule has 1 fully saturated rings. The third kappa shape index (κ3) is 3.39. The van der Waals surface area contributed by atoms with E-state index in [0.717, 1.165) is 19.4 Å². The fraction of sp³-hybridized carbons (Fsp3) is 0.429. The van der Waals surface area contributed by atoms with Crippen molar-refractivity contribution in [3.8, 4) is 6.07 Å². The molecular weight excluding hydrogens is 262 g/mol. The summed E-state index contributed by atoms with van der Waals surface area (Å²) in [5.41, 5.74) is 1.10. The molecule has 1 saturated carbocycles. The Morgan fingerprint density at radius 3 is 2.89 bits per heavy atom. The lowest BCUT2D eigenvalue weighted by Crippen LogP contribution is -2.37. The Balaban J connectivity index is 2.00. The van der Waals surface area contributed by atoms with E-state index in [4.69, 9.17) is 16.9 Å². The Kier molecular flexibility index (Phi) is 4.28. The molecule has 0 radical (unpaired) electrons. The van der Waals surface area contributed by atoms with Gasteiger partial charge in [-0.05, 0) is 38.0 Å². The number of carbonyl (C=O) groups is 1. The van der Waals surface area contributed by atoms with Gasteiger partial charge in [0.1, 0.15) is 6.07 Å². The minimum absolute atomic E-state index is 0.0638. The van der Waals surface area contributed by atoms with Gasteiger partial charge in [-0.3, -0.25) is 4.79 Å². The van der Waals surface area contributed by atoms with E-state index in [1.54, 1.807) is 18.2 Å². The van der Waals surface area contributed by atoms with E-state index < -0.39 is 0 Å². The fourth-order valence-corrected chi connectivity index (χ4v) is 2.23. The van der Waals surface area contributed by atoms with Gasteiger partial charge in [0, 0.05) is 17.6 Å². The summed E-state index contributed by atoms with van der Waals surface area (Å²) in [7, 11) is 0. The van der Waals surface area contributed by atoms with Crippen molar-refractivity contribution in [3.63, 3.8) is 0 Å². The maximum atomic E-state index is 12.1. The van der Waals surface area contributed by atoms with Crippen LogP contribution in [0, 0.1) is 11.3 Å². The average Bonchev–Trinajstić information content (AvgIpc) is 3.22. The molecule has 100 valence electrons. The van der Waals surface area contributed by atoms with Crippen molar-refractivity contribution in [3.05, 3.63) is 28.8 Å². The Morgan fingerprint density at radius 2 is 2.32 bits per heavy atom. The van der Waals surface area contributed by atoms with E-state index in [2.05, 4.69) is 11.4 Å². The van der Waals surface area contributed by atoms with Gasteiger partial charge in [-0.1, -0.05) is 11.6 Å². The van der Waals surface area contributed by atoms with Crippen LogP contribution in [-0.4, -0.2) is 29.9 Å². The quantitative estimate of drug-likeness (QED) is 0.900. The molecule has 4 nitrogen and oxygen atoms in total. The molecule has 0 heterocycles. The molecule has 0 unspecified atom stereocenters. The number of carbonyl (C=O) groups excluding carboxylic acids is 1. The predicted octanol–water partition coefficient (Wildman–Crippen LogP) is 2.63. The van der Waals surface area contributed by atoms with Crippen molar-refractivity contribution in [2.75, 3.05) is 18.4 Å². The van der Waals surface area contributed by atoms with Gasteiger partial charge in [0.15, 0.2) is 0 Å². The van der Waals surface area contributed by atoms with Crippen LogP contribution in [-0.2, 0) is 4.79 Å². The molecule has 5 heteroatoms. The summed E-state index contributed by atoms with van der Waals surface area (Å²) in [6.45, 7) is 2.90. The minimum Gasteiger partial charge on any atom is -0.375 e. The molecule has 1 aliphatic rings. The van der Waals surface area contributed by atoms with Crippen LogP contribution in [0.4, 0.5) is 5.69 Å². The van der Waals surface area contributed by atoms with E-state index in [-0.39, 0.29) is 12.5 Å². The lowest BCUT2D eigenvalue weighted by molar-refractivity contribution is -0.129. The van der Waals surface area contributed by atoms with E-state index in [9.17, 15) is 4.79 Å². The normalized spacial score (nSPS) is 13.7. The summed E-state index contributed by atoms with van der Waals surface area (Å²) in [4.78, 5) is 13.9. The van der Waals surface area contributed by atoms with Crippen molar-refractivity contribution < 1.29 is 4.79 Å². The molecule has 0 spiro atoms. The van der Waals surface area contributed by atoms with Gasteiger partial charge in [-0.25, -0.2) is 0 Å². The number of rotatable bonds is 5. The molecule has 0 aliphatic heterocycles. The number of benzene rings is 1. The van der Waals surface area contributed by atoms with E-state index >= 15 is 0 Å². The lowest BCUT2D eigenvalue weighted by Gasteiger charge is -2.21. The molecule has 0 aromatic heterocycles. The zero-order chi connectivity index (χ0) is 13.8. The van der Waals surface area contributed by atoms with E-state index in [0.29, 0.717) is 22.3 Å². The standard InChI is InChI=1S/C14H16ClN3O/c1-2-18(12-5-6-12)14(19)9-17-13-7-11(15)4-3-10(13)8-16/h3-4,7,12,17H,2,5-6,9H2,1H3. The Bertz CT molecular complexity index is 520. The first-order valence-corrected chi connectivity index (χ1v) is 6.76. The summed E-state index contributed by atoms with van der Waals surface area (Å²) in [5.74, 6) is 0.0638. The molecule has 1 N–H and O–H groups in total. The number of amides is 1. The highest BCUT2D eigenvalue weighted by Crippen LogP contribution is 2.26. The van der Waals surface area contributed by atoms with Crippen molar-refractivity contribution in [2.45, 2.75) is 25.8 Å². The molecule has 1 aliphatic carbocycles. The second-order valence-electron chi connectivity index (χ2n) is 4.57. The van der Waals surface area contributed by atoms with Crippen LogP contribution in [0.3, 0.4) is 0 Å². The zero-order valence-electron chi connectivity index (χ0n) is 10.8. The van der Waals surface area contributed by atoms with Crippen LogP contribution in [0.15, 0.2) is 18.2 Å². The molecule has 19 heavy (non-hydrogen) atoms. The van der Waals surface area contributed by atoms with Crippen molar-refractivity contribution in [2.24, 2.45) is 0 Å². The van der Waals surface area contributed by atoms with Gasteiger partial charge in [0.05, 0.1) is 17.8 Å². The van der Waals surface area contributed by atoms with Crippen molar-refractivity contribution >= 4 is 23.2 Å². The van der Waals surface area contributed by atoms with E-state index in [1.165, 1.54) is 0 Å². The average molecular weight is 278 g/mol. The molecule has 1 aromatic carbocycles. The third-order valence-electron chi connectivity index (χ3n) is 3.18. The lowest BCUT2D eigenvalue weighted by atomic mass is 10.2. The number of anilines is 1. The Hall–Kier alpha value is -1.73. The first-order chi connectivity index (χ1) is 9.15. The number of hydrogen-bond acceptors (Lipinski definition) is 3. The number of hydrogen-bond donors (Lipinski definition) is 1. The summed E-state index contributed by atoms with van der Waals surface area (Å²) in [6, 6.07) is 7.47. The molecule has 0 atom stereocenters. The van der Waals surface area contributed by atoms with Crippen LogP contribution >= 0.6 is 11.6 Å².